The molecular weight excluding hydrogens is 274 g/mol. The van der Waals surface area contributed by atoms with E-state index in [0.29, 0.717) is 12.2 Å². The summed E-state index contributed by atoms with van der Waals surface area (Å²) in [6.45, 7) is 5.65. The van der Waals surface area contributed by atoms with Crippen molar-refractivity contribution < 1.29 is 14.7 Å². The summed E-state index contributed by atoms with van der Waals surface area (Å²) in [5.74, 6) is -0.725. The van der Waals surface area contributed by atoms with Gasteiger partial charge in [-0.25, -0.2) is 4.68 Å². The summed E-state index contributed by atoms with van der Waals surface area (Å²) in [7, 11) is 0. The van der Waals surface area contributed by atoms with Gasteiger partial charge < -0.3 is 15.7 Å². The molecule has 21 heavy (non-hydrogen) atoms. The third-order valence-corrected chi connectivity index (χ3v) is 4.06. The van der Waals surface area contributed by atoms with E-state index in [-0.39, 0.29) is 30.3 Å². The van der Waals surface area contributed by atoms with Gasteiger partial charge in [0.15, 0.2) is 0 Å². The molecule has 1 fully saturated rings. The van der Waals surface area contributed by atoms with Crippen LogP contribution in [0.15, 0.2) is 6.20 Å². The molecule has 1 aromatic rings. The maximum Gasteiger partial charge on any atom is 0.325 e. The number of carbonyl (C=O) groups excluding carboxylic acids is 1. The van der Waals surface area contributed by atoms with Gasteiger partial charge in [-0.3, -0.25) is 9.59 Å². The molecule has 0 saturated carbocycles. The third-order valence-electron chi connectivity index (χ3n) is 4.06. The van der Waals surface area contributed by atoms with E-state index < -0.39 is 5.97 Å². The maximum atomic E-state index is 12.5. The van der Waals surface area contributed by atoms with E-state index in [0.717, 1.165) is 13.0 Å². The SMILES string of the molecule is CC(C)C1(C(=O)NCc2cn(CC(=O)O)nn2)CCNC1. The highest BCUT2D eigenvalue weighted by Crippen LogP contribution is 2.34. The highest BCUT2D eigenvalue weighted by Gasteiger charge is 2.43. The quantitative estimate of drug-likeness (QED) is 0.660. The van der Waals surface area contributed by atoms with Crippen LogP contribution in [0.2, 0.25) is 0 Å². The van der Waals surface area contributed by atoms with Crippen LogP contribution in [0.5, 0.6) is 0 Å². The van der Waals surface area contributed by atoms with Gasteiger partial charge in [-0.1, -0.05) is 19.1 Å². The Bertz CT molecular complexity index is 520. The van der Waals surface area contributed by atoms with Gasteiger partial charge in [0.2, 0.25) is 5.91 Å². The van der Waals surface area contributed by atoms with Gasteiger partial charge in [-0.2, -0.15) is 0 Å². The zero-order valence-corrected chi connectivity index (χ0v) is 12.3. The van der Waals surface area contributed by atoms with E-state index in [4.69, 9.17) is 5.11 Å². The Morgan fingerprint density at radius 3 is 2.90 bits per heavy atom. The number of carbonyl (C=O) groups is 2. The maximum absolute atomic E-state index is 12.5. The molecule has 1 aliphatic rings. The number of amides is 1. The van der Waals surface area contributed by atoms with E-state index in [1.807, 2.05) is 0 Å². The molecule has 1 amide bonds. The number of hydrogen-bond donors (Lipinski definition) is 3. The van der Waals surface area contributed by atoms with Crippen LogP contribution < -0.4 is 10.6 Å². The predicted molar refractivity (Wildman–Crippen MR) is 74.3 cm³/mol. The zero-order chi connectivity index (χ0) is 15.5. The van der Waals surface area contributed by atoms with E-state index in [2.05, 4.69) is 34.8 Å². The molecule has 1 saturated heterocycles. The van der Waals surface area contributed by atoms with Gasteiger partial charge in [-0.15, -0.1) is 5.10 Å². The van der Waals surface area contributed by atoms with Gasteiger partial charge in [-0.05, 0) is 18.9 Å². The number of carboxylic acid groups (broad SMARTS) is 1. The normalized spacial score (nSPS) is 21.7. The van der Waals surface area contributed by atoms with Crippen molar-refractivity contribution >= 4 is 11.9 Å². The molecule has 0 spiro atoms. The van der Waals surface area contributed by atoms with E-state index in [1.165, 1.54) is 10.9 Å². The van der Waals surface area contributed by atoms with Crippen LogP contribution in [0, 0.1) is 11.3 Å². The molecule has 0 aliphatic carbocycles. The molecule has 116 valence electrons. The summed E-state index contributed by atoms with van der Waals surface area (Å²) in [6, 6.07) is 0. The first-order valence-electron chi connectivity index (χ1n) is 7.04. The summed E-state index contributed by atoms with van der Waals surface area (Å²) in [5.41, 5.74) is 0.173. The number of hydrogen-bond acceptors (Lipinski definition) is 5. The van der Waals surface area contributed by atoms with E-state index in [1.54, 1.807) is 0 Å². The molecular formula is C13H21N5O3. The third kappa shape index (κ3) is 3.38. The highest BCUT2D eigenvalue weighted by atomic mass is 16.4. The van der Waals surface area contributed by atoms with Crippen LogP contribution in [0.4, 0.5) is 0 Å². The number of aromatic nitrogens is 3. The molecule has 0 aromatic carbocycles. The molecule has 8 nitrogen and oxygen atoms in total. The highest BCUT2D eigenvalue weighted by molar-refractivity contribution is 5.83. The van der Waals surface area contributed by atoms with Crippen LogP contribution in [0.25, 0.3) is 0 Å². The van der Waals surface area contributed by atoms with Crippen molar-refractivity contribution in [1.82, 2.24) is 25.6 Å². The van der Waals surface area contributed by atoms with Crippen molar-refractivity contribution in [2.45, 2.75) is 33.4 Å². The van der Waals surface area contributed by atoms with Crippen LogP contribution in [0.1, 0.15) is 26.0 Å². The fourth-order valence-corrected chi connectivity index (χ4v) is 2.64. The minimum Gasteiger partial charge on any atom is -0.480 e. The number of rotatable bonds is 6. The van der Waals surface area contributed by atoms with E-state index >= 15 is 0 Å². The van der Waals surface area contributed by atoms with Crippen molar-refractivity contribution in [3.63, 3.8) is 0 Å². The lowest BCUT2D eigenvalue weighted by molar-refractivity contribution is -0.138. The van der Waals surface area contributed by atoms with Crippen molar-refractivity contribution in [3.8, 4) is 0 Å². The zero-order valence-electron chi connectivity index (χ0n) is 12.3. The molecule has 0 bridgehead atoms. The number of nitrogens with one attached hydrogen (secondary N) is 2. The number of aliphatic carboxylic acids is 1. The molecule has 1 unspecified atom stereocenters. The summed E-state index contributed by atoms with van der Waals surface area (Å²) < 4.78 is 1.24. The second-order valence-electron chi connectivity index (χ2n) is 5.72. The molecule has 1 atom stereocenters. The first-order chi connectivity index (χ1) is 9.94. The molecule has 3 N–H and O–H groups in total. The van der Waals surface area contributed by atoms with E-state index in [9.17, 15) is 9.59 Å². The Labute approximate surface area is 122 Å². The number of nitrogens with zero attached hydrogens (tertiary/aromatic N) is 3. The van der Waals surface area contributed by atoms with Gasteiger partial charge in [0, 0.05) is 6.54 Å². The topological polar surface area (TPSA) is 109 Å². The summed E-state index contributed by atoms with van der Waals surface area (Å²) in [6.07, 6.45) is 2.35. The predicted octanol–water partition coefficient (Wildman–Crippen LogP) is -0.385. The van der Waals surface area contributed by atoms with Crippen molar-refractivity contribution in [3.05, 3.63) is 11.9 Å². The van der Waals surface area contributed by atoms with Crippen LogP contribution >= 0.6 is 0 Å². The van der Waals surface area contributed by atoms with Gasteiger partial charge in [0.25, 0.3) is 0 Å². The second kappa shape index (κ2) is 6.21. The molecule has 1 aromatic heterocycles. The fraction of sp³-hybridized carbons (Fsp3) is 0.692. The lowest BCUT2D eigenvalue weighted by atomic mass is 9.75. The lowest BCUT2D eigenvalue weighted by Gasteiger charge is -2.30. The molecule has 0 radical (unpaired) electrons. The smallest absolute Gasteiger partial charge is 0.325 e. The first kappa shape index (κ1) is 15.4. The van der Waals surface area contributed by atoms with Crippen molar-refractivity contribution in [1.29, 1.82) is 0 Å². The van der Waals surface area contributed by atoms with Crippen LogP contribution in [-0.2, 0) is 22.7 Å². The second-order valence-corrected chi connectivity index (χ2v) is 5.72. The standard InChI is InChI=1S/C13H21N5O3/c1-9(2)13(3-4-14-8-13)12(21)15-5-10-6-18(17-16-10)7-11(19)20/h6,9,14H,3-5,7-8H2,1-2H3,(H,15,21)(H,19,20). The average molecular weight is 295 g/mol. The summed E-state index contributed by atoms with van der Waals surface area (Å²) >= 11 is 0. The molecule has 2 heterocycles. The Morgan fingerprint density at radius 2 is 2.33 bits per heavy atom. The van der Waals surface area contributed by atoms with Crippen molar-refractivity contribution in [2.24, 2.45) is 11.3 Å². The Morgan fingerprint density at radius 1 is 1.57 bits per heavy atom. The Balaban J connectivity index is 1.94. The molecule has 8 heteroatoms. The summed E-state index contributed by atoms with van der Waals surface area (Å²) in [5, 5.41) is 22.4. The van der Waals surface area contributed by atoms with Crippen LogP contribution in [-0.4, -0.2) is 45.1 Å². The lowest BCUT2D eigenvalue weighted by Crippen LogP contribution is -2.45. The minimum absolute atomic E-state index is 0.00952. The fourth-order valence-electron chi connectivity index (χ4n) is 2.64. The minimum atomic E-state index is -0.980. The monoisotopic (exact) mass is 295 g/mol. The molecule has 1 aliphatic heterocycles. The number of carboxylic acids is 1. The average Bonchev–Trinajstić information content (AvgIpc) is 3.04. The van der Waals surface area contributed by atoms with Crippen LogP contribution in [0.3, 0.4) is 0 Å². The summed E-state index contributed by atoms with van der Waals surface area (Å²) in [4.78, 5) is 23.0. The van der Waals surface area contributed by atoms with Gasteiger partial charge >= 0.3 is 5.97 Å². The van der Waals surface area contributed by atoms with Gasteiger partial charge in [0.05, 0.1) is 18.2 Å². The first-order valence-corrected chi connectivity index (χ1v) is 7.04. The largest absolute Gasteiger partial charge is 0.480 e. The van der Waals surface area contributed by atoms with Gasteiger partial charge in [0.1, 0.15) is 12.2 Å². The Hall–Kier alpha value is -1.96. The van der Waals surface area contributed by atoms with Crippen molar-refractivity contribution in [2.75, 3.05) is 13.1 Å². The molecule has 2 rings (SSSR count). The Kier molecular flexibility index (Phi) is 4.56.